The Morgan fingerprint density at radius 1 is 0.722 bits per heavy atom. The summed E-state index contributed by atoms with van der Waals surface area (Å²) in [6, 6.07) is 35.2. The predicted molar refractivity (Wildman–Crippen MR) is 146 cm³/mol. The van der Waals surface area contributed by atoms with Crippen LogP contribution in [0.25, 0.3) is 61.3 Å². The Hall–Kier alpha value is -4.70. The molecule has 0 aliphatic heterocycles. The molecule has 0 saturated heterocycles. The normalized spacial score (nSPS) is 11.6. The minimum atomic E-state index is 0.843. The fourth-order valence-electron chi connectivity index (χ4n) is 5.22. The summed E-state index contributed by atoms with van der Waals surface area (Å²) in [6.45, 7) is 4.19. The van der Waals surface area contributed by atoms with E-state index in [0.29, 0.717) is 0 Å². The Bertz CT molecular complexity index is 1900. The average molecular weight is 466 g/mol. The van der Waals surface area contributed by atoms with Crippen molar-refractivity contribution < 1.29 is 4.42 Å². The van der Waals surface area contributed by atoms with E-state index < -0.39 is 0 Å². The van der Waals surface area contributed by atoms with Crippen molar-refractivity contribution in [1.29, 1.82) is 0 Å². The van der Waals surface area contributed by atoms with Gasteiger partial charge in [0.2, 0.25) is 0 Å². The fraction of sp³-hybridized carbons (Fsp3) is 0.0625. The Balaban J connectivity index is 1.59. The summed E-state index contributed by atoms with van der Waals surface area (Å²) < 4.78 is 8.67. The lowest BCUT2D eigenvalue weighted by molar-refractivity contribution is 0.669. The van der Waals surface area contributed by atoms with Gasteiger partial charge >= 0.3 is 0 Å². The third kappa shape index (κ3) is 3.08. The molecule has 7 rings (SSSR count). The van der Waals surface area contributed by atoms with Crippen molar-refractivity contribution in [2.45, 2.75) is 13.8 Å². The lowest BCUT2D eigenvalue weighted by Gasteiger charge is -2.12. The molecule has 0 atom stereocenters. The van der Waals surface area contributed by atoms with Crippen molar-refractivity contribution in [2.24, 2.45) is 0 Å². The molecule has 4 nitrogen and oxygen atoms in total. The Labute approximate surface area is 208 Å². The van der Waals surface area contributed by atoms with Crippen LogP contribution in [-0.4, -0.2) is 14.5 Å². The summed E-state index contributed by atoms with van der Waals surface area (Å²) in [5.74, 6) is 0.843. The zero-order chi connectivity index (χ0) is 24.2. The van der Waals surface area contributed by atoms with E-state index in [1.807, 2.05) is 36.4 Å². The number of fused-ring (bicyclic) bond motifs is 4. The molecule has 0 fully saturated rings. The maximum atomic E-state index is 6.46. The molecule has 0 aliphatic carbocycles. The first kappa shape index (κ1) is 20.7. The van der Waals surface area contributed by atoms with E-state index in [4.69, 9.17) is 14.4 Å². The van der Waals surface area contributed by atoms with Crippen LogP contribution in [0, 0.1) is 13.8 Å². The molecule has 7 aromatic rings. The zero-order valence-corrected chi connectivity index (χ0v) is 20.1. The number of para-hydroxylation sites is 2. The van der Waals surface area contributed by atoms with E-state index >= 15 is 0 Å². The van der Waals surface area contributed by atoms with Gasteiger partial charge < -0.3 is 4.42 Å². The minimum Gasteiger partial charge on any atom is -0.455 e. The van der Waals surface area contributed by atoms with Gasteiger partial charge in [0.15, 0.2) is 0 Å². The SMILES string of the molecule is Cc1ccc(-c2nc3cc(-c4ccccc4)nc(C)c3n2-c2ccccc2)c2oc3ccccc3c12. The second-order valence-electron chi connectivity index (χ2n) is 9.17. The van der Waals surface area contributed by atoms with Crippen LogP contribution in [0.1, 0.15) is 11.3 Å². The van der Waals surface area contributed by atoms with E-state index in [9.17, 15) is 0 Å². The quantitative estimate of drug-likeness (QED) is 0.264. The van der Waals surface area contributed by atoms with Gasteiger partial charge in [-0.3, -0.25) is 9.55 Å². The molecule has 3 aromatic heterocycles. The van der Waals surface area contributed by atoms with Crippen LogP contribution in [0.4, 0.5) is 0 Å². The molecule has 0 unspecified atom stereocenters. The molecule has 36 heavy (non-hydrogen) atoms. The molecule has 4 aromatic carbocycles. The summed E-state index contributed by atoms with van der Waals surface area (Å²) in [4.78, 5) is 10.2. The van der Waals surface area contributed by atoms with Gasteiger partial charge in [0.1, 0.15) is 17.0 Å². The third-order valence-electron chi connectivity index (χ3n) is 6.87. The highest BCUT2D eigenvalue weighted by atomic mass is 16.3. The standard InChI is InChI=1S/C32H23N3O/c1-20-17-18-25(31-29(20)24-15-9-10-16-28(24)36-31)32-34-27-19-26(22-11-5-3-6-12-22)33-21(2)30(27)35(32)23-13-7-4-8-14-23/h3-19H,1-2H3. The highest BCUT2D eigenvalue weighted by Crippen LogP contribution is 2.40. The summed E-state index contributed by atoms with van der Waals surface area (Å²) in [7, 11) is 0. The maximum absolute atomic E-state index is 6.46. The molecule has 4 heteroatoms. The van der Waals surface area contributed by atoms with Gasteiger partial charge in [0, 0.05) is 22.0 Å². The molecule has 0 N–H and O–H groups in total. The number of hydrogen-bond donors (Lipinski definition) is 0. The summed E-state index contributed by atoms with van der Waals surface area (Å²) in [5.41, 5.74) is 9.77. The number of furan rings is 1. The van der Waals surface area contributed by atoms with E-state index in [2.05, 4.69) is 85.1 Å². The first-order valence-corrected chi connectivity index (χ1v) is 12.1. The monoisotopic (exact) mass is 465 g/mol. The molecule has 172 valence electrons. The summed E-state index contributed by atoms with van der Waals surface area (Å²) >= 11 is 0. The topological polar surface area (TPSA) is 43.9 Å². The van der Waals surface area contributed by atoms with Gasteiger partial charge in [0.25, 0.3) is 0 Å². The molecule has 0 saturated carbocycles. The van der Waals surface area contributed by atoms with Gasteiger partial charge in [-0.2, -0.15) is 0 Å². The van der Waals surface area contributed by atoms with Crippen LogP contribution in [0.5, 0.6) is 0 Å². The second-order valence-corrected chi connectivity index (χ2v) is 9.17. The fourth-order valence-corrected chi connectivity index (χ4v) is 5.22. The van der Waals surface area contributed by atoms with Crippen LogP contribution in [-0.2, 0) is 0 Å². The molecule has 0 bridgehead atoms. The summed E-state index contributed by atoms with van der Waals surface area (Å²) in [5, 5.41) is 2.26. The average Bonchev–Trinajstić information content (AvgIpc) is 3.50. The van der Waals surface area contributed by atoms with E-state index in [-0.39, 0.29) is 0 Å². The maximum Gasteiger partial charge on any atom is 0.149 e. The van der Waals surface area contributed by atoms with Crippen molar-refractivity contribution in [2.75, 3.05) is 0 Å². The lowest BCUT2D eigenvalue weighted by atomic mass is 10.0. The van der Waals surface area contributed by atoms with Gasteiger partial charge in [-0.1, -0.05) is 72.8 Å². The van der Waals surface area contributed by atoms with Crippen LogP contribution < -0.4 is 0 Å². The van der Waals surface area contributed by atoms with E-state index in [0.717, 1.165) is 67.0 Å². The number of nitrogens with zero attached hydrogens (tertiary/aromatic N) is 3. The number of imidazole rings is 1. The molecule has 0 amide bonds. The second kappa shape index (κ2) is 7.92. The van der Waals surface area contributed by atoms with Gasteiger partial charge in [-0.05, 0) is 49.7 Å². The first-order valence-electron chi connectivity index (χ1n) is 12.1. The number of benzene rings is 4. The van der Waals surface area contributed by atoms with Crippen molar-refractivity contribution in [3.63, 3.8) is 0 Å². The highest BCUT2D eigenvalue weighted by Gasteiger charge is 2.22. The zero-order valence-electron chi connectivity index (χ0n) is 20.1. The Morgan fingerprint density at radius 2 is 1.44 bits per heavy atom. The van der Waals surface area contributed by atoms with Gasteiger partial charge in [0.05, 0.1) is 28.0 Å². The minimum absolute atomic E-state index is 0.843. The van der Waals surface area contributed by atoms with Gasteiger partial charge in [-0.15, -0.1) is 0 Å². The predicted octanol–water partition coefficient (Wildman–Crippen LogP) is 8.27. The number of aryl methyl sites for hydroxylation is 2. The van der Waals surface area contributed by atoms with Crippen molar-refractivity contribution in [3.8, 4) is 28.3 Å². The van der Waals surface area contributed by atoms with Crippen LogP contribution >= 0.6 is 0 Å². The molecular formula is C32H23N3O. The molecule has 0 radical (unpaired) electrons. The van der Waals surface area contributed by atoms with Gasteiger partial charge in [-0.25, -0.2) is 4.98 Å². The smallest absolute Gasteiger partial charge is 0.149 e. The lowest BCUT2D eigenvalue weighted by Crippen LogP contribution is -2.00. The Morgan fingerprint density at radius 3 is 2.25 bits per heavy atom. The Kier molecular flexibility index (Phi) is 4.55. The van der Waals surface area contributed by atoms with Crippen LogP contribution in [0.3, 0.4) is 0 Å². The van der Waals surface area contributed by atoms with Crippen molar-refractivity contribution in [3.05, 3.63) is 114 Å². The molecule has 0 aliphatic rings. The van der Waals surface area contributed by atoms with Crippen LogP contribution in [0.15, 0.2) is 108 Å². The molecule has 3 heterocycles. The highest BCUT2D eigenvalue weighted by molar-refractivity contribution is 6.11. The largest absolute Gasteiger partial charge is 0.455 e. The third-order valence-corrected chi connectivity index (χ3v) is 6.87. The number of hydrogen-bond acceptors (Lipinski definition) is 3. The van der Waals surface area contributed by atoms with Crippen molar-refractivity contribution in [1.82, 2.24) is 14.5 Å². The summed E-state index contributed by atoms with van der Waals surface area (Å²) in [6.07, 6.45) is 0. The number of rotatable bonds is 3. The van der Waals surface area contributed by atoms with Crippen molar-refractivity contribution >= 4 is 33.0 Å². The number of aromatic nitrogens is 3. The van der Waals surface area contributed by atoms with E-state index in [1.165, 1.54) is 5.56 Å². The van der Waals surface area contributed by atoms with E-state index in [1.54, 1.807) is 0 Å². The molecule has 0 spiro atoms. The molecular weight excluding hydrogens is 442 g/mol. The first-order chi connectivity index (χ1) is 17.7. The van der Waals surface area contributed by atoms with Crippen LogP contribution in [0.2, 0.25) is 0 Å². The number of pyridine rings is 1.